The zero-order chi connectivity index (χ0) is 61.1. The summed E-state index contributed by atoms with van der Waals surface area (Å²) in [6.45, 7) is 12.6. The van der Waals surface area contributed by atoms with E-state index in [1.54, 1.807) is 0 Å². The molecule has 10 aliphatic rings. The molecule has 4 saturated carbocycles. The summed E-state index contributed by atoms with van der Waals surface area (Å²) in [5.74, 6) is -0.918. The number of allylic oxidation sites excluding steroid dienone is 2. The molecule has 5 saturated heterocycles. The number of hydrogen-bond acceptors (Lipinski definition) is 26. The summed E-state index contributed by atoms with van der Waals surface area (Å²) in [4.78, 5) is 15.8. The van der Waals surface area contributed by atoms with Crippen molar-refractivity contribution in [2.45, 2.75) is 260 Å². The monoisotopic (exact) mass is 1210 g/mol. The Bertz CT molecular complexity index is 2330. The van der Waals surface area contributed by atoms with Crippen molar-refractivity contribution in [1.82, 2.24) is 0 Å². The maximum Gasteiger partial charge on any atom is 0.315 e. The van der Waals surface area contributed by atoms with E-state index in [9.17, 15) is 76.6 Å². The minimum absolute atomic E-state index is 0.0174. The van der Waals surface area contributed by atoms with Crippen molar-refractivity contribution in [2.75, 3.05) is 33.0 Å². The van der Waals surface area contributed by atoms with Gasteiger partial charge in [0.1, 0.15) is 97.7 Å². The number of hydrogen-bond donors (Lipinski definition) is 15. The summed E-state index contributed by atoms with van der Waals surface area (Å²) in [7, 11) is 0. The van der Waals surface area contributed by atoms with Crippen LogP contribution in [0.2, 0.25) is 0 Å². The lowest BCUT2D eigenvalue weighted by molar-refractivity contribution is -0.377. The summed E-state index contributed by atoms with van der Waals surface area (Å²) in [6, 6.07) is 0. The van der Waals surface area contributed by atoms with Crippen molar-refractivity contribution in [1.29, 1.82) is 0 Å². The molecule has 9 fully saturated rings. The quantitative estimate of drug-likeness (QED) is 0.0499. The van der Waals surface area contributed by atoms with E-state index in [1.165, 1.54) is 6.92 Å². The highest BCUT2D eigenvalue weighted by Gasteiger charge is 2.71. The SMILES string of the molecule is CC1OC(OC2C(OC(=O)C34CCC(C)(C)CC3C3=CCC5C6(C)CCC(OC7OCC(O)C(O)C7O)C(C)(CO)C6CCC5(C)C3(C)CC4)OC(COC3OC(CO)C(O)C(O)C3O)C(O)C2O)C(O)C(O)C1OC1OCC(O)C(O)C1O. The summed E-state index contributed by atoms with van der Waals surface area (Å²) >= 11 is 0. The number of rotatable bonds is 13. The van der Waals surface area contributed by atoms with Crippen LogP contribution in [-0.4, -0.2) is 263 Å². The Morgan fingerprint density at radius 3 is 1.79 bits per heavy atom. The van der Waals surface area contributed by atoms with E-state index in [0.717, 1.165) is 24.8 Å². The first kappa shape index (κ1) is 65.2. The van der Waals surface area contributed by atoms with Gasteiger partial charge in [0, 0.05) is 5.41 Å². The van der Waals surface area contributed by atoms with Crippen molar-refractivity contribution < 1.29 is 129 Å². The van der Waals surface area contributed by atoms with Crippen LogP contribution >= 0.6 is 0 Å². The number of esters is 1. The Kier molecular flexibility index (Phi) is 18.7. The molecule has 0 aromatic carbocycles. The molecule has 5 aliphatic heterocycles. The fourth-order valence-corrected chi connectivity index (χ4v) is 17.3. The molecule has 26 heteroatoms. The molecule has 5 heterocycles. The molecule has 32 atom stereocenters. The molecule has 0 spiro atoms. The number of fused-ring (bicyclic) bond motifs is 7. The smallest absolute Gasteiger partial charge is 0.315 e. The summed E-state index contributed by atoms with van der Waals surface area (Å²) < 4.78 is 59.7. The van der Waals surface area contributed by atoms with Crippen LogP contribution in [0.4, 0.5) is 0 Å². The van der Waals surface area contributed by atoms with Crippen LogP contribution in [0.15, 0.2) is 11.6 Å². The third-order valence-electron chi connectivity index (χ3n) is 22.8. The topological polar surface area (TPSA) is 413 Å². The van der Waals surface area contributed by atoms with Gasteiger partial charge in [0.05, 0.1) is 50.7 Å². The van der Waals surface area contributed by atoms with Crippen LogP contribution in [-0.2, 0) is 52.2 Å². The van der Waals surface area contributed by atoms with Crippen LogP contribution in [0.5, 0.6) is 0 Å². The lowest BCUT2D eigenvalue weighted by Crippen LogP contribution is -2.67. The van der Waals surface area contributed by atoms with Gasteiger partial charge in [0.2, 0.25) is 6.29 Å². The highest BCUT2D eigenvalue weighted by molar-refractivity contribution is 5.79. The summed E-state index contributed by atoms with van der Waals surface area (Å²) in [5, 5.41) is 162. The molecule has 15 N–H and O–H groups in total. The maximum atomic E-state index is 15.8. The van der Waals surface area contributed by atoms with Crippen LogP contribution < -0.4 is 0 Å². The molecule has 0 aromatic rings. The zero-order valence-electron chi connectivity index (χ0n) is 49.0. The first-order valence-electron chi connectivity index (χ1n) is 30.2. The lowest BCUT2D eigenvalue weighted by Gasteiger charge is -2.71. The molecule has 0 aromatic heterocycles. The number of ether oxygens (including phenoxy) is 10. The molecule has 10 rings (SSSR count). The van der Waals surface area contributed by atoms with Crippen LogP contribution in [0.25, 0.3) is 0 Å². The van der Waals surface area contributed by atoms with Crippen molar-refractivity contribution in [3.05, 3.63) is 11.6 Å². The average molecular weight is 1210 g/mol. The van der Waals surface area contributed by atoms with Gasteiger partial charge >= 0.3 is 5.97 Å². The van der Waals surface area contributed by atoms with E-state index in [-0.39, 0.29) is 47.2 Å². The predicted octanol–water partition coefficient (Wildman–Crippen LogP) is -2.93. The molecule has 0 radical (unpaired) electrons. The van der Waals surface area contributed by atoms with Crippen molar-refractivity contribution in [3.63, 3.8) is 0 Å². The van der Waals surface area contributed by atoms with Crippen LogP contribution in [0.1, 0.15) is 113 Å². The van der Waals surface area contributed by atoms with Gasteiger partial charge in [-0.2, -0.15) is 0 Å². The Morgan fingerprint density at radius 2 is 1.14 bits per heavy atom. The maximum absolute atomic E-state index is 15.8. The molecular weight excluding hydrogens is 1110 g/mol. The van der Waals surface area contributed by atoms with Gasteiger partial charge < -0.3 is 124 Å². The highest BCUT2D eigenvalue weighted by Crippen LogP contribution is 2.76. The van der Waals surface area contributed by atoms with Crippen LogP contribution in [0, 0.1) is 50.2 Å². The lowest BCUT2D eigenvalue weighted by atomic mass is 9.33. The molecule has 5 aliphatic carbocycles. The van der Waals surface area contributed by atoms with Gasteiger partial charge in [-0.3, -0.25) is 4.79 Å². The van der Waals surface area contributed by atoms with E-state index in [4.69, 9.17) is 47.4 Å². The molecule has 482 valence electrons. The molecule has 84 heavy (non-hydrogen) atoms. The predicted molar refractivity (Wildman–Crippen MR) is 283 cm³/mol. The Morgan fingerprint density at radius 1 is 0.571 bits per heavy atom. The second kappa shape index (κ2) is 24.1. The first-order valence-corrected chi connectivity index (χ1v) is 30.2. The van der Waals surface area contributed by atoms with E-state index in [1.807, 2.05) is 6.92 Å². The first-order chi connectivity index (χ1) is 39.4. The van der Waals surface area contributed by atoms with Crippen molar-refractivity contribution in [3.8, 4) is 0 Å². The Balaban J connectivity index is 0.919. The van der Waals surface area contributed by atoms with Crippen LogP contribution in [0.3, 0.4) is 0 Å². The van der Waals surface area contributed by atoms with Gasteiger partial charge in [0.15, 0.2) is 31.3 Å². The molecule has 0 bridgehead atoms. The highest BCUT2D eigenvalue weighted by atomic mass is 16.8. The minimum Gasteiger partial charge on any atom is -0.432 e. The average Bonchev–Trinajstić information content (AvgIpc) is 0.737. The fourth-order valence-electron chi connectivity index (χ4n) is 17.3. The normalized spacial score (nSPS) is 54.9. The van der Waals surface area contributed by atoms with Gasteiger partial charge in [-0.25, -0.2) is 0 Å². The zero-order valence-corrected chi connectivity index (χ0v) is 49.0. The van der Waals surface area contributed by atoms with Crippen molar-refractivity contribution in [2.24, 2.45) is 50.2 Å². The van der Waals surface area contributed by atoms with Gasteiger partial charge in [0.25, 0.3) is 0 Å². The molecule has 0 amide bonds. The van der Waals surface area contributed by atoms with Crippen molar-refractivity contribution >= 4 is 5.97 Å². The Labute approximate surface area is 488 Å². The van der Waals surface area contributed by atoms with E-state index in [0.29, 0.717) is 44.9 Å². The third kappa shape index (κ3) is 10.9. The number of carbonyl (C=O) groups is 1. The minimum atomic E-state index is -2.01. The number of carbonyl (C=O) groups excluding carboxylic acids is 1. The molecular formula is C58H94O26. The largest absolute Gasteiger partial charge is 0.432 e. The second-order valence-corrected chi connectivity index (χ2v) is 28.1. The second-order valence-electron chi connectivity index (χ2n) is 28.1. The van der Waals surface area contributed by atoms with E-state index < -0.39 is 189 Å². The van der Waals surface area contributed by atoms with Gasteiger partial charge in [-0.15, -0.1) is 0 Å². The third-order valence-corrected chi connectivity index (χ3v) is 22.8. The molecule has 26 nitrogen and oxygen atoms in total. The molecule has 32 unspecified atom stereocenters. The summed E-state index contributed by atoms with van der Waals surface area (Å²) in [6.07, 6.45) is -29.7. The number of aliphatic hydroxyl groups excluding tert-OH is 15. The van der Waals surface area contributed by atoms with E-state index >= 15 is 4.79 Å². The summed E-state index contributed by atoms with van der Waals surface area (Å²) in [5.41, 5.74) is -2.02. The van der Waals surface area contributed by atoms with Gasteiger partial charge in [-0.1, -0.05) is 53.2 Å². The Hall–Kier alpha value is -1.75. The fraction of sp³-hybridized carbons (Fsp3) is 0.948. The standard InChI is InChI=1S/C58H94O26/c1-24-45(82-49-42(71)35(64)28(62)21-76-49)40(69)44(73)50(78-24)83-46-39(68)37(66)30(22-77-47-43(72)38(67)36(65)29(19-59)79-47)80-51(46)84-52(74)58-16-14-53(2,3)18-26(58)25-8-9-32-54(4)12-11-33(81-48-41(70)34(63)27(61)20-75-48)55(5,23-60)31(54)10-13-57(32,7)56(25,6)15-17-58/h8,24,26-51,59-73H,9-23H2,1-7H3. The number of aliphatic hydroxyl groups is 15. The van der Waals surface area contributed by atoms with Gasteiger partial charge in [-0.05, 0) is 111 Å². The van der Waals surface area contributed by atoms with E-state index in [2.05, 4.69) is 40.7 Å².